The van der Waals surface area contributed by atoms with Gasteiger partial charge in [0.1, 0.15) is 5.56 Å². The topological polar surface area (TPSA) is 84.3 Å². The van der Waals surface area contributed by atoms with Gasteiger partial charge in [0, 0.05) is 46.2 Å². The Kier molecular flexibility index (Phi) is 5.19. The van der Waals surface area contributed by atoms with Crippen molar-refractivity contribution < 1.29 is 9.59 Å². The molecule has 0 saturated heterocycles. The number of fused-ring (bicyclic) bond motifs is 2. The van der Waals surface area contributed by atoms with E-state index >= 15 is 0 Å². The van der Waals surface area contributed by atoms with Crippen molar-refractivity contribution in [3.63, 3.8) is 0 Å². The van der Waals surface area contributed by atoms with Crippen molar-refractivity contribution in [1.29, 1.82) is 0 Å². The van der Waals surface area contributed by atoms with Crippen LogP contribution in [-0.4, -0.2) is 39.9 Å². The number of pyridine rings is 1. The number of carbonyl (C=O) groups is 2. The van der Waals surface area contributed by atoms with Crippen molar-refractivity contribution in [1.82, 2.24) is 19.8 Å². The molecule has 7 nitrogen and oxygen atoms in total. The Morgan fingerprint density at radius 2 is 2.07 bits per heavy atom. The minimum absolute atomic E-state index is 0.0604. The van der Waals surface area contributed by atoms with E-state index in [1.807, 2.05) is 24.3 Å². The number of hydrogen-bond donors (Lipinski definition) is 1. The Morgan fingerprint density at radius 1 is 1.28 bits per heavy atom. The Bertz CT molecular complexity index is 1130. The fourth-order valence-electron chi connectivity index (χ4n) is 3.76. The van der Waals surface area contributed by atoms with Crippen molar-refractivity contribution in [3.05, 3.63) is 62.5 Å². The molecular formula is C21H22N4O3S. The van der Waals surface area contributed by atoms with Crippen LogP contribution in [0.2, 0.25) is 0 Å². The van der Waals surface area contributed by atoms with Crippen molar-refractivity contribution >= 4 is 33.4 Å². The number of rotatable bonds is 4. The summed E-state index contributed by atoms with van der Waals surface area (Å²) in [5, 5.41) is 3.50. The Hall–Kier alpha value is -3.00. The highest BCUT2D eigenvalue weighted by molar-refractivity contribution is 7.18. The summed E-state index contributed by atoms with van der Waals surface area (Å²) < 4.78 is 2.54. The zero-order chi connectivity index (χ0) is 20.5. The highest BCUT2D eigenvalue weighted by Gasteiger charge is 2.27. The van der Waals surface area contributed by atoms with E-state index in [9.17, 15) is 14.4 Å². The van der Waals surface area contributed by atoms with Crippen LogP contribution in [-0.2, 0) is 31.2 Å². The average Bonchev–Trinajstić information content (AvgIpc) is 3.15. The van der Waals surface area contributed by atoms with Gasteiger partial charge in [-0.15, -0.1) is 11.3 Å². The van der Waals surface area contributed by atoms with Crippen molar-refractivity contribution in [2.75, 3.05) is 13.6 Å². The largest absolute Gasteiger partial charge is 0.355 e. The second kappa shape index (κ2) is 7.79. The fraction of sp³-hybridized carbons (Fsp3) is 0.333. The van der Waals surface area contributed by atoms with Gasteiger partial charge in [0.2, 0.25) is 5.91 Å². The molecule has 2 aromatic heterocycles. The molecule has 3 heterocycles. The van der Waals surface area contributed by atoms with E-state index in [0.717, 1.165) is 26.4 Å². The summed E-state index contributed by atoms with van der Waals surface area (Å²) in [4.78, 5) is 43.8. The van der Waals surface area contributed by atoms with E-state index in [1.54, 1.807) is 29.5 Å². The van der Waals surface area contributed by atoms with Gasteiger partial charge in [-0.2, -0.15) is 0 Å². The molecule has 0 unspecified atom stereocenters. The summed E-state index contributed by atoms with van der Waals surface area (Å²) in [6.45, 7) is 0.912. The lowest BCUT2D eigenvalue weighted by Crippen LogP contribution is -2.40. The van der Waals surface area contributed by atoms with Crippen LogP contribution < -0.4 is 10.9 Å². The number of aryl methyl sites for hydroxylation is 2. The molecule has 4 rings (SSSR count). The van der Waals surface area contributed by atoms with E-state index in [1.165, 1.54) is 11.6 Å². The number of hydrogen-bond acceptors (Lipinski definition) is 5. The summed E-state index contributed by atoms with van der Waals surface area (Å²) in [5.74, 6) is -0.316. The Balaban J connectivity index is 1.49. The van der Waals surface area contributed by atoms with Gasteiger partial charge in [0.15, 0.2) is 0 Å². The summed E-state index contributed by atoms with van der Waals surface area (Å²) >= 11 is 1.62. The summed E-state index contributed by atoms with van der Waals surface area (Å²) in [7, 11) is 3.14. The van der Waals surface area contributed by atoms with Crippen molar-refractivity contribution in [3.8, 4) is 0 Å². The van der Waals surface area contributed by atoms with Crippen LogP contribution in [0.15, 0.2) is 35.3 Å². The van der Waals surface area contributed by atoms with Crippen LogP contribution in [0.3, 0.4) is 0 Å². The molecule has 0 spiro atoms. The van der Waals surface area contributed by atoms with E-state index in [-0.39, 0.29) is 22.9 Å². The molecule has 8 heteroatoms. The molecule has 0 aliphatic carbocycles. The minimum atomic E-state index is -0.377. The first-order chi connectivity index (χ1) is 14.0. The van der Waals surface area contributed by atoms with Gasteiger partial charge in [0.25, 0.3) is 11.5 Å². The van der Waals surface area contributed by atoms with Gasteiger partial charge in [-0.05, 0) is 29.7 Å². The molecule has 150 valence electrons. The first-order valence-corrected chi connectivity index (χ1v) is 10.3. The predicted octanol–water partition coefficient (Wildman–Crippen LogP) is 1.87. The fourth-order valence-corrected chi connectivity index (χ4v) is 4.73. The summed E-state index contributed by atoms with van der Waals surface area (Å²) in [6, 6.07) is 7.96. The molecule has 1 aliphatic rings. The second-order valence-corrected chi connectivity index (χ2v) is 8.26. The zero-order valence-corrected chi connectivity index (χ0v) is 17.2. The van der Waals surface area contributed by atoms with Gasteiger partial charge in [0.05, 0.1) is 15.2 Å². The first-order valence-electron chi connectivity index (χ1n) is 9.53. The maximum Gasteiger partial charge on any atom is 0.263 e. The minimum Gasteiger partial charge on any atom is -0.355 e. The van der Waals surface area contributed by atoms with E-state index in [4.69, 9.17) is 0 Å². The lowest BCUT2D eigenvalue weighted by Gasteiger charge is -2.30. The first kappa shape index (κ1) is 19.3. The number of aromatic nitrogens is 2. The summed E-state index contributed by atoms with van der Waals surface area (Å²) in [5.41, 5.74) is 2.45. The number of nitrogens with one attached hydrogen (secondary N) is 1. The van der Waals surface area contributed by atoms with E-state index in [0.29, 0.717) is 32.4 Å². The maximum absolute atomic E-state index is 12.8. The van der Waals surface area contributed by atoms with Crippen LogP contribution in [0.5, 0.6) is 0 Å². The molecule has 1 aromatic carbocycles. The maximum atomic E-state index is 12.8. The molecule has 2 amide bonds. The molecule has 0 atom stereocenters. The van der Waals surface area contributed by atoms with Crippen LogP contribution >= 0.6 is 11.3 Å². The molecule has 0 saturated carbocycles. The summed E-state index contributed by atoms with van der Waals surface area (Å²) in [6.07, 6.45) is 3.24. The smallest absolute Gasteiger partial charge is 0.263 e. The molecule has 0 bridgehead atoms. The van der Waals surface area contributed by atoms with Crippen LogP contribution in [0.4, 0.5) is 0 Å². The molecule has 0 fully saturated rings. The number of benzene rings is 1. The molecular weight excluding hydrogens is 388 g/mol. The molecule has 1 aliphatic heterocycles. The van der Waals surface area contributed by atoms with Crippen LogP contribution in [0, 0.1) is 0 Å². The average molecular weight is 410 g/mol. The van der Waals surface area contributed by atoms with Crippen LogP contribution in [0.1, 0.15) is 32.9 Å². The number of thiazole rings is 1. The molecule has 3 aromatic rings. The van der Waals surface area contributed by atoms with Crippen molar-refractivity contribution in [2.45, 2.75) is 25.8 Å². The molecule has 29 heavy (non-hydrogen) atoms. The van der Waals surface area contributed by atoms with E-state index < -0.39 is 0 Å². The number of nitrogens with zero attached hydrogens (tertiary/aromatic N) is 3. The molecule has 0 radical (unpaired) electrons. The quantitative estimate of drug-likeness (QED) is 0.712. The van der Waals surface area contributed by atoms with Gasteiger partial charge >= 0.3 is 0 Å². The zero-order valence-electron chi connectivity index (χ0n) is 16.4. The SMILES string of the molecule is CNC(=O)c1c2c(cn(C)c1=O)CN(C(=O)CCc1nc3ccccc3s1)CC2. The number of amides is 2. The standard InChI is InChI=1S/C21H22N4O3S/c1-22-20(27)19-14-9-10-25(12-13(14)11-24(2)21(19)28)18(26)8-7-17-23-15-5-3-4-6-16(15)29-17/h3-6,11H,7-10,12H2,1-2H3,(H,22,27). The lowest BCUT2D eigenvalue weighted by atomic mass is 9.96. The van der Waals surface area contributed by atoms with Crippen LogP contribution in [0.25, 0.3) is 10.2 Å². The van der Waals surface area contributed by atoms with Crippen molar-refractivity contribution in [2.24, 2.45) is 7.05 Å². The Labute approximate surface area is 172 Å². The van der Waals surface area contributed by atoms with Gasteiger partial charge in [-0.3, -0.25) is 14.4 Å². The number of para-hydroxylation sites is 1. The predicted molar refractivity (Wildman–Crippen MR) is 112 cm³/mol. The Morgan fingerprint density at radius 3 is 2.83 bits per heavy atom. The normalized spacial score (nSPS) is 13.4. The third-order valence-corrected chi connectivity index (χ3v) is 6.36. The van der Waals surface area contributed by atoms with E-state index in [2.05, 4.69) is 10.3 Å². The highest BCUT2D eigenvalue weighted by atomic mass is 32.1. The second-order valence-electron chi connectivity index (χ2n) is 7.14. The number of carbonyl (C=O) groups excluding carboxylic acids is 2. The molecule has 1 N–H and O–H groups in total. The van der Waals surface area contributed by atoms with Gasteiger partial charge < -0.3 is 14.8 Å². The lowest BCUT2D eigenvalue weighted by molar-refractivity contribution is -0.132. The third kappa shape index (κ3) is 3.67. The van der Waals surface area contributed by atoms with Gasteiger partial charge in [-0.25, -0.2) is 4.98 Å². The van der Waals surface area contributed by atoms with Gasteiger partial charge in [-0.1, -0.05) is 12.1 Å². The monoisotopic (exact) mass is 410 g/mol. The third-order valence-electron chi connectivity index (χ3n) is 5.26. The highest BCUT2D eigenvalue weighted by Crippen LogP contribution is 2.24.